The number of thioether (sulfide) groups is 1. The standard InChI is InChI=1S/C20H18F3N3O3S/c1-12-17(13(2)29-26-12)10-30-19-16(4-3-9-24-19)18(27)25-14-5-7-15(8-6-14)28-11-20(21,22)23/h3-9H,10-11H2,1-2H3,(H,25,27). The summed E-state index contributed by atoms with van der Waals surface area (Å²) in [5, 5.41) is 7.17. The van der Waals surface area contributed by atoms with Crippen molar-refractivity contribution < 1.29 is 27.2 Å². The van der Waals surface area contributed by atoms with Crippen LogP contribution in [0.4, 0.5) is 18.9 Å². The molecule has 2 heterocycles. The van der Waals surface area contributed by atoms with Gasteiger partial charge in [-0.05, 0) is 50.2 Å². The van der Waals surface area contributed by atoms with Gasteiger partial charge in [0.2, 0.25) is 0 Å². The molecule has 0 aliphatic carbocycles. The molecule has 1 amide bonds. The first-order valence-electron chi connectivity index (χ1n) is 8.83. The zero-order chi connectivity index (χ0) is 21.7. The van der Waals surface area contributed by atoms with Crippen LogP contribution in [0.1, 0.15) is 27.4 Å². The summed E-state index contributed by atoms with van der Waals surface area (Å²) in [6.07, 6.45) is -2.82. The average molecular weight is 437 g/mol. The number of carbonyl (C=O) groups excluding carboxylic acids is 1. The van der Waals surface area contributed by atoms with Crippen molar-refractivity contribution in [3.63, 3.8) is 0 Å². The monoisotopic (exact) mass is 437 g/mol. The number of ether oxygens (including phenoxy) is 1. The minimum atomic E-state index is -4.41. The number of aryl methyl sites for hydroxylation is 2. The van der Waals surface area contributed by atoms with Gasteiger partial charge < -0.3 is 14.6 Å². The topological polar surface area (TPSA) is 77.2 Å². The number of nitrogens with one attached hydrogen (secondary N) is 1. The van der Waals surface area contributed by atoms with Crippen LogP contribution >= 0.6 is 11.8 Å². The lowest BCUT2D eigenvalue weighted by molar-refractivity contribution is -0.153. The van der Waals surface area contributed by atoms with Crippen LogP contribution in [-0.4, -0.2) is 28.8 Å². The zero-order valence-corrected chi connectivity index (χ0v) is 16.9. The highest BCUT2D eigenvalue weighted by Gasteiger charge is 2.28. The van der Waals surface area contributed by atoms with Crippen molar-refractivity contribution in [2.45, 2.75) is 30.8 Å². The molecule has 3 aromatic rings. The molecule has 30 heavy (non-hydrogen) atoms. The smallest absolute Gasteiger partial charge is 0.422 e. The Morgan fingerprint density at radius 3 is 2.57 bits per heavy atom. The Balaban J connectivity index is 1.66. The van der Waals surface area contributed by atoms with E-state index in [1.807, 2.05) is 13.8 Å². The SMILES string of the molecule is Cc1noc(C)c1CSc1ncccc1C(=O)Nc1ccc(OCC(F)(F)F)cc1. The van der Waals surface area contributed by atoms with Crippen LogP contribution in [0.2, 0.25) is 0 Å². The number of alkyl halides is 3. The molecule has 0 aliphatic rings. The molecule has 0 fully saturated rings. The molecule has 158 valence electrons. The fourth-order valence-corrected chi connectivity index (χ4v) is 3.67. The number of anilines is 1. The van der Waals surface area contributed by atoms with Gasteiger partial charge in [0, 0.05) is 23.2 Å². The van der Waals surface area contributed by atoms with E-state index in [0.717, 1.165) is 17.0 Å². The third-order valence-corrected chi connectivity index (χ3v) is 5.10. The third kappa shape index (κ3) is 5.76. The van der Waals surface area contributed by atoms with Crippen LogP contribution in [0.15, 0.2) is 52.1 Å². The number of nitrogens with zero attached hydrogens (tertiary/aromatic N) is 2. The molecule has 1 aromatic carbocycles. The Morgan fingerprint density at radius 2 is 1.93 bits per heavy atom. The van der Waals surface area contributed by atoms with Gasteiger partial charge in [-0.2, -0.15) is 13.2 Å². The van der Waals surface area contributed by atoms with E-state index in [2.05, 4.69) is 20.2 Å². The summed E-state index contributed by atoms with van der Waals surface area (Å²) in [6, 6.07) is 8.96. The van der Waals surface area contributed by atoms with E-state index in [1.165, 1.54) is 36.0 Å². The lowest BCUT2D eigenvalue weighted by Gasteiger charge is -2.11. The summed E-state index contributed by atoms with van der Waals surface area (Å²) in [5.74, 6) is 0.939. The Hall–Kier alpha value is -3.01. The fourth-order valence-electron chi connectivity index (χ4n) is 2.53. The predicted octanol–water partition coefficient (Wildman–Crippen LogP) is 5.17. The van der Waals surface area contributed by atoms with E-state index in [-0.39, 0.29) is 11.7 Å². The number of rotatable bonds is 7. The number of hydrogen-bond donors (Lipinski definition) is 1. The second-order valence-corrected chi connectivity index (χ2v) is 7.29. The number of hydrogen-bond acceptors (Lipinski definition) is 6. The zero-order valence-electron chi connectivity index (χ0n) is 16.1. The maximum absolute atomic E-state index is 12.7. The van der Waals surface area contributed by atoms with E-state index in [0.29, 0.717) is 22.0 Å². The number of benzene rings is 1. The first kappa shape index (κ1) is 21.7. The molecule has 0 bridgehead atoms. The number of amides is 1. The van der Waals surface area contributed by atoms with Crippen molar-refractivity contribution in [2.24, 2.45) is 0 Å². The maximum Gasteiger partial charge on any atom is 0.422 e. The molecule has 0 saturated heterocycles. The van der Waals surface area contributed by atoms with E-state index >= 15 is 0 Å². The van der Waals surface area contributed by atoms with Gasteiger partial charge in [0.05, 0.1) is 11.3 Å². The third-order valence-electron chi connectivity index (χ3n) is 4.06. The molecule has 0 spiro atoms. The molecule has 0 aliphatic heterocycles. The Bertz CT molecular complexity index is 1000. The van der Waals surface area contributed by atoms with Crippen LogP contribution < -0.4 is 10.1 Å². The van der Waals surface area contributed by atoms with Crippen LogP contribution in [0.25, 0.3) is 0 Å². The summed E-state index contributed by atoms with van der Waals surface area (Å²) in [5.41, 5.74) is 2.54. The second kappa shape index (κ2) is 9.21. The van der Waals surface area contributed by atoms with Crippen LogP contribution in [-0.2, 0) is 5.75 Å². The molecule has 6 nitrogen and oxygen atoms in total. The Labute approximate surface area is 174 Å². The van der Waals surface area contributed by atoms with Gasteiger partial charge in [-0.25, -0.2) is 4.98 Å². The average Bonchev–Trinajstić information content (AvgIpc) is 3.03. The quantitative estimate of drug-likeness (QED) is 0.514. The van der Waals surface area contributed by atoms with Gasteiger partial charge in [-0.15, -0.1) is 11.8 Å². The van der Waals surface area contributed by atoms with Crippen molar-refractivity contribution in [3.05, 3.63) is 65.2 Å². The maximum atomic E-state index is 12.7. The van der Waals surface area contributed by atoms with Crippen molar-refractivity contribution >= 4 is 23.4 Å². The van der Waals surface area contributed by atoms with E-state index < -0.39 is 12.8 Å². The molecule has 0 atom stereocenters. The van der Waals surface area contributed by atoms with Gasteiger partial charge in [0.25, 0.3) is 5.91 Å². The van der Waals surface area contributed by atoms with E-state index in [1.54, 1.807) is 18.3 Å². The van der Waals surface area contributed by atoms with Crippen molar-refractivity contribution in [2.75, 3.05) is 11.9 Å². The minimum absolute atomic E-state index is 0.0578. The van der Waals surface area contributed by atoms with Crippen molar-refractivity contribution in [1.82, 2.24) is 10.1 Å². The molecular weight excluding hydrogens is 419 g/mol. The Kier molecular flexibility index (Phi) is 6.66. The molecule has 0 radical (unpaired) electrons. The van der Waals surface area contributed by atoms with Crippen LogP contribution in [0, 0.1) is 13.8 Å². The summed E-state index contributed by atoms with van der Waals surface area (Å²) in [7, 11) is 0. The molecule has 3 rings (SSSR count). The first-order valence-corrected chi connectivity index (χ1v) is 9.82. The predicted molar refractivity (Wildman–Crippen MR) is 106 cm³/mol. The summed E-state index contributed by atoms with van der Waals surface area (Å²) >= 11 is 1.38. The molecule has 1 N–H and O–H groups in total. The van der Waals surface area contributed by atoms with Gasteiger partial charge in [0.1, 0.15) is 16.5 Å². The molecular formula is C20H18F3N3O3S. The van der Waals surface area contributed by atoms with Crippen molar-refractivity contribution in [3.8, 4) is 5.75 Å². The number of aromatic nitrogens is 2. The summed E-state index contributed by atoms with van der Waals surface area (Å²) in [6.45, 7) is 2.30. The highest BCUT2D eigenvalue weighted by atomic mass is 32.2. The number of halogens is 3. The second-order valence-electron chi connectivity index (χ2n) is 6.33. The van der Waals surface area contributed by atoms with Crippen molar-refractivity contribution in [1.29, 1.82) is 0 Å². The summed E-state index contributed by atoms with van der Waals surface area (Å²) < 4.78 is 46.5. The van der Waals surface area contributed by atoms with E-state index in [4.69, 9.17) is 4.52 Å². The molecule has 2 aromatic heterocycles. The van der Waals surface area contributed by atoms with Gasteiger partial charge in [-0.3, -0.25) is 4.79 Å². The highest BCUT2D eigenvalue weighted by Crippen LogP contribution is 2.28. The van der Waals surface area contributed by atoms with Gasteiger partial charge in [0.15, 0.2) is 6.61 Å². The molecule has 10 heteroatoms. The fraction of sp³-hybridized carbons (Fsp3) is 0.250. The lowest BCUT2D eigenvalue weighted by Crippen LogP contribution is -2.19. The Morgan fingerprint density at radius 1 is 1.20 bits per heavy atom. The lowest BCUT2D eigenvalue weighted by atomic mass is 10.2. The molecule has 0 saturated carbocycles. The number of carbonyl (C=O) groups is 1. The van der Waals surface area contributed by atoms with Gasteiger partial charge in [-0.1, -0.05) is 5.16 Å². The largest absolute Gasteiger partial charge is 0.484 e. The summed E-state index contributed by atoms with van der Waals surface area (Å²) in [4.78, 5) is 17.0. The van der Waals surface area contributed by atoms with Gasteiger partial charge >= 0.3 is 6.18 Å². The highest BCUT2D eigenvalue weighted by molar-refractivity contribution is 7.98. The molecule has 0 unspecified atom stereocenters. The normalized spacial score (nSPS) is 11.4. The van der Waals surface area contributed by atoms with Crippen LogP contribution in [0.5, 0.6) is 5.75 Å². The van der Waals surface area contributed by atoms with Crippen LogP contribution in [0.3, 0.4) is 0 Å². The number of pyridine rings is 1. The van der Waals surface area contributed by atoms with E-state index in [9.17, 15) is 18.0 Å². The minimum Gasteiger partial charge on any atom is -0.484 e. The first-order chi connectivity index (χ1) is 14.2.